The standard InChI is InChI=1S/C14H21F2N/c1-10(2)17-9-11(3)4-5-12-8-13(15)6-7-14(12)16/h6-8,10-11,17H,4-5,9H2,1-3H3. The van der Waals surface area contributed by atoms with Crippen molar-refractivity contribution in [1.82, 2.24) is 5.32 Å². The Labute approximate surface area is 102 Å². The largest absolute Gasteiger partial charge is 0.314 e. The molecule has 0 aromatic heterocycles. The summed E-state index contributed by atoms with van der Waals surface area (Å²) in [7, 11) is 0. The van der Waals surface area contributed by atoms with Crippen LogP contribution in [0.15, 0.2) is 18.2 Å². The fraction of sp³-hybridized carbons (Fsp3) is 0.571. The maximum Gasteiger partial charge on any atom is 0.126 e. The lowest BCUT2D eigenvalue weighted by Crippen LogP contribution is -2.28. The molecule has 0 radical (unpaired) electrons. The first-order valence-corrected chi connectivity index (χ1v) is 6.16. The highest BCUT2D eigenvalue weighted by Crippen LogP contribution is 2.14. The first-order chi connectivity index (χ1) is 7.99. The van der Waals surface area contributed by atoms with Gasteiger partial charge < -0.3 is 5.32 Å². The second-order valence-electron chi connectivity index (χ2n) is 4.94. The summed E-state index contributed by atoms with van der Waals surface area (Å²) in [5.41, 5.74) is 0.474. The fourth-order valence-corrected chi connectivity index (χ4v) is 1.68. The van der Waals surface area contributed by atoms with Crippen molar-refractivity contribution in [2.45, 2.75) is 39.7 Å². The van der Waals surface area contributed by atoms with Gasteiger partial charge in [0.15, 0.2) is 0 Å². The van der Waals surface area contributed by atoms with Gasteiger partial charge in [0.05, 0.1) is 0 Å². The van der Waals surface area contributed by atoms with E-state index in [0.717, 1.165) is 19.0 Å². The SMILES string of the molecule is CC(CCc1cc(F)ccc1F)CNC(C)C. The van der Waals surface area contributed by atoms with Gasteiger partial charge in [-0.1, -0.05) is 20.8 Å². The van der Waals surface area contributed by atoms with E-state index in [4.69, 9.17) is 0 Å². The van der Waals surface area contributed by atoms with Crippen LogP contribution < -0.4 is 5.32 Å². The molecule has 1 unspecified atom stereocenters. The molecule has 0 aliphatic heterocycles. The van der Waals surface area contributed by atoms with Crippen LogP contribution in [0.4, 0.5) is 8.78 Å². The average molecular weight is 241 g/mol. The molecule has 0 fully saturated rings. The van der Waals surface area contributed by atoms with Crippen molar-refractivity contribution in [2.75, 3.05) is 6.54 Å². The number of halogens is 2. The van der Waals surface area contributed by atoms with Gasteiger partial charge in [-0.15, -0.1) is 0 Å². The summed E-state index contributed by atoms with van der Waals surface area (Å²) < 4.78 is 26.3. The van der Waals surface area contributed by atoms with E-state index >= 15 is 0 Å². The number of hydrogen-bond acceptors (Lipinski definition) is 1. The van der Waals surface area contributed by atoms with Crippen molar-refractivity contribution in [3.8, 4) is 0 Å². The van der Waals surface area contributed by atoms with Crippen LogP contribution in [0.5, 0.6) is 0 Å². The van der Waals surface area contributed by atoms with Crippen molar-refractivity contribution in [2.24, 2.45) is 5.92 Å². The molecule has 0 saturated carbocycles. The van der Waals surface area contributed by atoms with E-state index in [0.29, 0.717) is 23.9 Å². The van der Waals surface area contributed by atoms with Crippen LogP contribution in [0.1, 0.15) is 32.8 Å². The smallest absolute Gasteiger partial charge is 0.126 e. The van der Waals surface area contributed by atoms with Gasteiger partial charge in [0.25, 0.3) is 0 Å². The molecule has 0 aliphatic rings. The average Bonchev–Trinajstić information content (AvgIpc) is 2.27. The van der Waals surface area contributed by atoms with Crippen LogP contribution in [0, 0.1) is 17.6 Å². The van der Waals surface area contributed by atoms with Gasteiger partial charge in [0, 0.05) is 6.04 Å². The van der Waals surface area contributed by atoms with E-state index in [1.54, 1.807) is 0 Å². The van der Waals surface area contributed by atoms with Crippen LogP contribution in [0.2, 0.25) is 0 Å². The lowest BCUT2D eigenvalue weighted by Gasteiger charge is -2.15. The molecule has 0 bridgehead atoms. The topological polar surface area (TPSA) is 12.0 Å². The third kappa shape index (κ3) is 5.26. The van der Waals surface area contributed by atoms with E-state index in [9.17, 15) is 8.78 Å². The highest BCUT2D eigenvalue weighted by Gasteiger charge is 2.07. The molecule has 1 rings (SSSR count). The fourth-order valence-electron chi connectivity index (χ4n) is 1.68. The van der Waals surface area contributed by atoms with Crippen molar-refractivity contribution in [1.29, 1.82) is 0 Å². The summed E-state index contributed by atoms with van der Waals surface area (Å²) in [6.07, 6.45) is 1.45. The summed E-state index contributed by atoms with van der Waals surface area (Å²) >= 11 is 0. The van der Waals surface area contributed by atoms with Crippen molar-refractivity contribution >= 4 is 0 Å². The lowest BCUT2D eigenvalue weighted by atomic mass is 10.0. The molecule has 0 aliphatic carbocycles. The Morgan fingerprint density at radius 2 is 1.88 bits per heavy atom. The Kier molecular flexibility index (Phi) is 5.56. The van der Waals surface area contributed by atoms with Crippen LogP contribution in [0.3, 0.4) is 0 Å². The molecule has 1 atom stereocenters. The number of hydrogen-bond donors (Lipinski definition) is 1. The molecule has 3 heteroatoms. The summed E-state index contributed by atoms with van der Waals surface area (Å²) in [5.74, 6) is -0.218. The zero-order valence-corrected chi connectivity index (χ0v) is 10.8. The summed E-state index contributed by atoms with van der Waals surface area (Å²) in [6.45, 7) is 7.22. The first kappa shape index (κ1) is 14.1. The highest BCUT2D eigenvalue weighted by molar-refractivity contribution is 5.18. The molecule has 1 aromatic rings. The van der Waals surface area contributed by atoms with E-state index < -0.39 is 0 Å². The lowest BCUT2D eigenvalue weighted by molar-refractivity contribution is 0.449. The third-order valence-electron chi connectivity index (χ3n) is 2.79. The van der Waals surface area contributed by atoms with Crippen LogP contribution in [-0.4, -0.2) is 12.6 Å². The second kappa shape index (κ2) is 6.70. The van der Waals surface area contributed by atoms with Gasteiger partial charge >= 0.3 is 0 Å². The minimum atomic E-state index is -0.366. The van der Waals surface area contributed by atoms with Crippen LogP contribution in [0.25, 0.3) is 0 Å². The quantitative estimate of drug-likeness (QED) is 0.803. The molecule has 1 nitrogen and oxygen atoms in total. The molecule has 17 heavy (non-hydrogen) atoms. The van der Waals surface area contributed by atoms with E-state index in [1.807, 2.05) is 0 Å². The Morgan fingerprint density at radius 3 is 2.53 bits per heavy atom. The zero-order chi connectivity index (χ0) is 12.8. The van der Waals surface area contributed by atoms with Gasteiger partial charge in [-0.05, 0) is 49.1 Å². The molecule has 0 spiro atoms. The molecular formula is C14H21F2N. The minimum absolute atomic E-state index is 0.310. The first-order valence-electron chi connectivity index (χ1n) is 6.16. The summed E-state index contributed by atoms with van der Waals surface area (Å²) in [6, 6.07) is 4.10. The second-order valence-corrected chi connectivity index (χ2v) is 4.94. The molecule has 96 valence electrons. The van der Waals surface area contributed by atoms with Crippen molar-refractivity contribution in [3.63, 3.8) is 0 Å². The molecule has 1 N–H and O–H groups in total. The Hall–Kier alpha value is -0.960. The van der Waals surface area contributed by atoms with Gasteiger partial charge in [0.1, 0.15) is 11.6 Å². The molecule has 0 saturated heterocycles. The maximum absolute atomic E-state index is 13.4. The Bertz CT molecular complexity index is 350. The zero-order valence-electron chi connectivity index (χ0n) is 10.8. The third-order valence-corrected chi connectivity index (χ3v) is 2.79. The van der Waals surface area contributed by atoms with Crippen molar-refractivity contribution in [3.05, 3.63) is 35.4 Å². The predicted octanol–water partition coefficient (Wildman–Crippen LogP) is 3.53. The normalized spacial score (nSPS) is 13.1. The predicted molar refractivity (Wildman–Crippen MR) is 67.0 cm³/mol. The monoisotopic (exact) mass is 241 g/mol. The molecule has 1 aromatic carbocycles. The van der Waals surface area contributed by atoms with E-state index in [-0.39, 0.29) is 11.6 Å². The molecule has 0 heterocycles. The Morgan fingerprint density at radius 1 is 1.18 bits per heavy atom. The molecule has 0 amide bonds. The van der Waals surface area contributed by atoms with Gasteiger partial charge in [-0.3, -0.25) is 0 Å². The molecular weight excluding hydrogens is 220 g/mol. The van der Waals surface area contributed by atoms with Gasteiger partial charge in [0.2, 0.25) is 0 Å². The number of nitrogens with one attached hydrogen (secondary N) is 1. The maximum atomic E-state index is 13.4. The van der Waals surface area contributed by atoms with Crippen LogP contribution in [-0.2, 0) is 6.42 Å². The minimum Gasteiger partial charge on any atom is -0.314 e. The summed E-state index contributed by atoms with van der Waals surface area (Å²) in [4.78, 5) is 0. The Balaban J connectivity index is 2.41. The number of aryl methyl sites for hydroxylation is 1. The van der Waals surface area contributed by atoms with Gasteiger partial charge in [-0.25, -0.2) is 8.78 Å². The number of rotatable bonds is 6. The summed E-state index contributed by atoms with van der Waals surface area (Å²) in [5, 5.41) is 3.34. The van der Waals surface area contributed by atoms with Crippen molar-refractivity contribution < 1.29 is 8.78 Å². The van der Waals surface area contributed by atoms with E-state index in [2.05, 4.69) is 26.1 Å². The van der Waals surface area contributed by atoms with Crippen LogP contribution >= 0.6 is 0 Å². The van der Waals surface area contributed by atoms with Gasteiger partial charge in [-0.2, -0.15) is 0 Å². The van der Waals surface area contributed by atoms with E-state index in [1.165, 1.54) is 12.1 Å². The number of benzene rings is 1. The highest BCUT2D eigenvalue weighted by atomic mass is 19.1.